The van der Waals surface area contributed by atoms with Crippen molar-refractivity contribution in [2.45, 2.75) is 40.6 Å². The summed E-state index contributed by atoms with van der Waals surface area (Å²) in [5.41, 5.74) is 10.5. The molecule has 0 bridgehead atoms. The number of allylic oxidation sites excluding steroid dienone is 5. The Labute approximate surface area is 219 Å². The van der Waals surface area contributed by atoms with Crippen molar-refractivity contribution in [3.8, 4) is 0 Å². The van der Waals surface area contributed by atoms with Gasteiger partial charge in [0, 0.05) is 0 Å². The van der Waals surface area contributed by atoms with Crippen LogP contribution < -0.4 is 0 Å². The van der Waals surface area contributed by atoms with Crippen molar-refractivity contribution in [1.29, 1.82) is 0 Å². The van der Waals surface area contributed by atoms with E-state index in [1.165, 1.54) is 33.0 Å². The van der Waals surface area contributed by atoms with E-state index in [4.69, 9.17) is 0 Å². The second-order valence-corrected chi connectivity index (χ2v) is 40.6. The standard InChI is InChI=1S/C19H13.C9H13.2CH3.2ClH.H2Si.Zr/c1-3-9-16-14(6-1)8-5-11-18(16)19-13-12-15-7-2-4-10-17(15)19;1-6-5-7(2)9(4)8(6)3;;;;;;/h1-13H;6H,1-4H3;2*1H3;2*1H;1H2;. The predicted octanol–water partition coefficient (Wildman–Crippen LogP) is 8.76. The number of hydrogen-bond donors (Lipinski definition) is 0. The molecule has 0 saturated carbocycles. The summed E-state index contributed by atoms with van der Waals surface area (Å²) in [5, 5.41) is 2.68. The second kappa shape index (κ2) is 9.36. The van der Waals surface area contributed by atoms with Crippen molar-refractivity contribution >= 4 is 48.0 Å². The van der Waals surface area contributed by atoms with E-state index in [-0.39, 0.29) is 24.8 Å². The van der Waals surface area contributed by atoms with Crippen molar-refractivity contribution in [1.82, 2.24) is 0 Å². The van der Waals surface area contributed by atoms with Crippen LogP contribution in [-0.4, -0.2) is 6.88 Å². The molecule has 3 aromatic rings. The molecule has 4 heteroatoms. The zero-order valence-electron chi connectivity index (χ0n) is 21.1. The molecule has 0 N–H and O–H groups in total. The monoisotopic (exact) mass is 584 g/mol. The minimum absolute atomic E-state index is 0. The van der Waals surface area contributed by atoms with Gasteiger partial charge >= 0.3 is 197 Å². The molecule has 2 unspecified atom stereocenters. The second-order valence-electron chi connectivity index (χ2n) is 11.1. The van der Waals surface area contributed by atoms with E-state index in [1.54, 1.807) is 16.7 Å². The summed E-state index contributed by atoms with van der Waals surface area (Å²) in [6.07, 6.45) is 2.67. The molecule has 0 heterocycles. The third-order valence-electron chi connectivity index (χ3n) is 8.52. The summed E-state index contributed by atoms with van der Waals surface area (Å²) in [6, 6.07) is 24.8. The van der Waals surface area contributed by atoms with Crippen LogP contribution in [0.2, 0.25) is 9.26 Å². The minimum Gasteiger partial charge on any atom is -0.147 e. The Hall–Kier alpha value is -1.18. The Morgan fingerprint density at radius 3 is 2.00 bits per heavy atom. The Balaban J connectivity index is 0.00000162. The van der Waals surface area contributed by atoms with E-state index < -0.39 is 17.4 Å². The van der Waals surface area contributed by atoms with Crippen LogP contribution >= 0.6 is 24.8 Å². The third-order valence-corrected chi connectivity index (χ3v) is 25.8. The van der Waals surface area contributed by atoms with Crippen molar-refractivity contribution in [2.24, 2.45) is 5.92 Å². The largest absolute Gasteiger partial charge is 0.147 e. The first kappa shape index (κ1) is 27.4. The molecule has 5 rings (SSSR count). The molecule has 0 nitrogen and oxygen atoms in total. The van der Waals surface area contributed by atoms with Crippen LogP contribution in [0.15, 0.2) is 92.8 Å². The maximum absolute atomic E-state index is 3.37. The van der Waals surface area contributed by atoms with Gasteiger partial charge in [0.2, 0.25) is 0 Å². The summed E-state index contributed by atoms with van der Waals surface area (Å²) >= 11 is -3.37. The summed E-state index contributed by atoms with van der Waals surface area (Å²) in [7, 11) is 0. The van der Waals surface area contributed by atoms with Crippen molar-refractivity contribution < 1.29 is 17.4 Å². The van der Waals surface area contributed by atoms with Crippen LogP contribution in [0.1, 0.15) is 48.0 Å². The molecule has 0 spiro atoms. The Kier molecular flexibility index (Phi) is 7.55. The number of fused-ring (bicyclic) bond motifs is 2. The molecule has 178 valence electrons. The van der Waals surface area contributed by atoms with Gasteiger partial charge in [-0.3, -0.25) is 0 Å². The molecule has 34 heavy (non-hydrogen) atoms. The van der Waals surface area contributed by atoms with E-state index in [0.717, 1.165) is 0 Å². The molecule has 3 aromatic carbocycles. The fourth-order valence-corrected chi connectivity index (χ4v) is 25.2. The van der Waals surface area contributed by atoms with Gasteiger partial charge in [-0.2, -0.15) is 0 Å². The molecule has 0 amide bonds. The number of rotatable bonds is 3. The third kappa shape index (κ3) is 4.00. The Morgan fingerprint density at radius 2 is 1.32 bits per heavy atom. The predicted molar refractivity (Wildman–Crippen MR) is 155 cm³/mol. The van der Waals surface area contributed by atoms with E-state index >= 15 is 0 Å². The molecule has 0 aliphatic heterocycles. The summed E-state index contributed by atoms with van der Waals surface area (Å²) in [6.45, 7) is 11.9. The maximum Gasteiger partial charge on any atom is -0.147 e. The van der Waals surface area contributed by atoms with E-state index in [9.17, 15) is 0 Å². The van der Waals surface area contributed by atoms with E-state index in [1.807, 2.05) is 3.28 Å². The molecule has 0 fully saturated rings. The summed E-state index contributed by atoms with van der Waals surface area (Å²) < 4.78 is 7.75. The molecule has 0 saturated heterocycles. The van der Waals surface area contributed by atoms with E-state index in [2.05, 4.69) is 117 Å². The Bertz CT molecular complexity index is 1450. The van der Waals surface area contributed by atoms with Crippen LogP contribution in [0, 0.1) is 5.92 Å². The average molecular weight is 587 g/mol. The zero-order chi connectivity index (χ0) is 22.9. The van der Waals surface area contributed by atoms with Crippen LogP contribution in [0.25, 0.3) is 16.3 Å². The van der Waals surface area contributed by atoms with Gasteiger partial charge in [0.15, 0.2) is 0 Å². The van der Waals surface area contributed by atoms with Crippen LogP contribution in [0.4, 0.5) is 0 Å². The topological polar surface area (TPSA) is 0 Å². The van der Waals surface area contributed by atoms with Gasteiger partial charge in [-0.15, -0.1) is 24.8 Å². The maximum atomic E-state index is 2.70. The summed E-state index contributed by atoms with van der Waals surface area (Å²) in [4.78, 5) is 0. The number of benzene rings is 3. The van der Waals surface area contributed by atoms with Gasteiger partial charge in [-0.1, -0.05) is 0 Å². The minimum atomic E-state index is -3.37. The van der Waals surface area contributed by atoms with Gasteiger partial charge < -0.3 is 0 Å². The molecule has 2 aliphatic carbocycles. The van der Waals surface area contributed by atoms with Crippen LogP contribution in [-0.2, 0) is 17.4 Å². The van der Waals surface area contributed by atoms with E-state index in [0.29, 0.717) is 9.54 Å². The number of hydrogen-bond acceptors (Lipinski definition) is 0. The van der Waals surface area contributed by atoms with Crippen molar-refractivity contribution in [2.75, 3.05) is 0 Å². The first-order valence-corrected chi connectivity index (χ1v) is 25.3. The van der Waals surface area contributed by atoms with Gasteiger partial charge in [0.25, 0.3) is 0 Å². The molecular formula is C30H36Cl2SiZr. The zero-order valence-corrected chi connectivity index (χ0v) is 26.6. The summed E-state index contributed by atoms with van der Waals surface area (Å²) in [5.74, 6) is 0.579. The fraction of sp³-hybridized carbons (Fsp3) is 0.267. The van der Waals surface area contributed by atoms with Gasteiger partial charge in [-0.05, 0) is 0 Å². The quantitative estimate of drug-likeness (QED) is 0.269. The van der Waals surface area contributed by atoms with Gasteiger partial charge in [0.05, 0.1) is 0 Å². The van der Waals surface area contributed by atoms with Crippen LogP contribution in [0.3, 0.4) is 0 Å². The molecule has 0 aromatic heterocycles. The molecule has 2 aliphatic rings. The molecule has 2 atom stereocenters. The fourth-order valence-electron chi connectivity index (χ4n) is 6.68. The SMILES string of the molecule is CC1=C(C)C(C)[C]([Zr]([CH3])([CH3])(=[SiH2])[CH]2C=C(c3cccc4ccccc34)c3ccccc32)=C1C.Cl.Cl. The van der Waals surface area contributed by atoms with Gasteiger partial charge in [0.1, 0.15) is 0 Å². The smallest absolute Gasteiger partial charge is 0.147 e. The first-order chi connectivity index (χ1) is 15.1. The normalized spacial score (nSPS) is 20.1. The number of halogens is 2. The van der Waals surface area contributed by atoms with Gasteiger partial charge in [-0.25, -0.2) is 0 Å². The molecular weight excluding hydrogens is 551 g/mol. The van der Waals surface area contributed by atoms with Crippen molar-refractivity contribution in [3.63, 3.8) is 0 Å². The Morgan fingerprint density at radius 1 is 0.735 bits per heavy atom. The molecule has 0 radical (unpaired) electrons. The first-order valence-electron chi connectivity index (χ1n) is 11.9. The average Bonchev–Trinajstić information content (AvgIpc) is 3.26. The van der Waals surface area contributed by atoms with Crippen LogP contribution in [0.5, 0.6) is 0 Å². The van der Waals surface area contributed by atoms with Crippen molar-refractivity contribution in [3.05, 3.63) is 109 Å².